The normalized spacial score (nSPS) is 24.5. The number of benzene rings is 1. The molecule has 0 atom stereocenters. The molecule has 0 spiro atoms. The molecule has 0 saturated heterocycles. The average Bonchev–Trinajstić information content (AvgIpc) is 2.30. The summed E-state index contributed by atoms with van der Waals surface area (Å²) in [7, 11) is 0. The van der Waals surface area contributed by atoms with Crippen molar-refractivity contribution in [3.8, 4) is 0 Å². The van der Waals surface area contributed by atoms with Crippen LogP contribution in [0.4, 0.5) is 0 Å². The summed E-state index contributed by atoms with van der Waals surface area (Å²) >= 11 is 0. The quantitative estimate of drug-likeness (QED) is 0.789. The van der Waals surface area contributed by atoms with Crippen molar-refractivity contribution in [2.75, 3.05) is 0 Å². The second kappa shape index (κ2) is 6.43. The number of carbonyl (C=O) groups is 1. The van der Waals surface area contributed by atoms with Crippen molar-refractivity contribution >= 4 is 35.5 Å². The van der Waals surface area contributed by atoms with Gasteiger partial charge in [0.25, 0.3) is 0 Å². The summed E-state index contributed by atoms with van der Waals surface area (Å²) in [5, 5.41) is 8.90. The zero-order valence-corrected chi connectivity index (χ0v) is 8.73. The summed E-state index contributed by atoms with van der Waals surface area (Å²) in [6, 6.07) is 10.4. The van der Waals surface area contributed by atoms with Crippen molar-refractivity contribution < 1.29 is 9.90 Å². The molecule has 0 amide bonds. The molecule has 2 nitrogen and oxygen atoms in total. The van der Waals surface area contributed by atoms with E-state index in [1.54, 1.807) is 0 Å². The van der Waals surface area contributed by atoms with E-state index in [2.05, 4.69) is 24.3 Å². The first kappa shape index (κ1) is 13.8. The molecule has 1 aromatic carbocycles. The van der Waals surface area contributed by atoms with Crippen molar-refractivity contribution in [1.82, 2.24) is 0 Å². The van der Waals surface area contributed by atoms with Crippen LogP contribution < -0.4 is 0 Å². The van der Waals surface area contributed by atoms with Crippen LogP contribution >= 0.6 is 0 Å². The third kappa shape index (κ3) is 3.34. The van der Waals surface area contributed by atoms with Gasteiger partial charge < -0.3 is 5.11 Å². The van der Waals surface area contributed by atoms with Gasteiger partial charge in [-0.05, 0) is 37.2 Å². The van der Waals surface area contributed by atoms with Gasteiger partial charge in [0.05, 0.1) is 5.92 Å². The maximum atomic E-state index is 10.8. The number of hydrogen-bond donors (Lipinski definition) is 1. The predicted octanol–water partition coefficient (Wildman–Crippen LogP) is 2.40. The van der Waals surface area contributed by atoms with E-state index in [1.165, 1.54) is 5.56 Å². The molecule has 0 bridgehead atoms. The van der Waals surface area contributed by atoms with Crippen molar-refractivity contribution in [3.05, 3.63) is 35.9 Å². The van der Waals surface area contributed by atoms with Gasteiger partial charge in [-0.1, -0.05) is 30.3 Å². The van der Waals surface area contributed by atoms with Crippen molar-refractivity contribution in [1.29, 1.82) is 0 Å². The summed E-state index contributed by atoms with van der Waals surface area (Å²) in [4.78, 5) is 10.8. The van der Waals surface area contributed by atoms with E-state index in [0.717, 1.165) is 25.7 Å². The first-order valence-corrected chi connectivity index (χ1v) is 5.55. The minimum atomic E-state index is -0.624. The molecular weight excluding hydrogens is 211 g/mol. The van der Waals surface area contributed by atoms with E-state index in [4.69, 9.17) is 5.11 Å². The van der Waals surface area contributed by atoms with Crippen molar-refractivity contribution in [3.63, 3.8) is 0 Å². The summed E-state index contributed by atoms with van der Waals surface area (Å²) < 4.78 is 0. The maximum absolute atomic E-state index is 10.8. The van der Waals surface area contributed by atoms with E-state index in [1.807, 2.05) is 6.07 Å². The molecule has 0 aliphatic heterocycles. The fourth-order valence-electron chi connectivity index (χ4n) is 2.40. The van der Waals surface area contributed by atoms with Crippen LogP contribution in [0, 0.1) is 5.92 Å². The molecule has 1 aromatic rings. The fraction of sp³-hybridized carbons (Fsp3) is 0.462. The fourth-order valence-corrected chi connectivity index (χ4v) is 2.40. The first-order chi connectivity index (χ1) is 7.27. The Morgan fingerprint density at radius 1 is 1.06 bits per heavy atom. The Morgan fingerprint density at radius 3 is 2.12 bits per heavy atom. The van der Waals surface area contributed by atoms with E-state index < -0.39 is 5.97 Å². The Hall–Kier alpha value is -0.310. The van der Waals surface area contributed by atoms with Crippen LogP contribution in [0.5, 0.6) is 0 Å². The van der Waals surface area contributed by atoms with Gasteiger partial charge in [-0.25, -0.2) is 0 Å². The summed E-state index contributed by atoms with van der Waals surface area (Å²) in [6.07, 6.45) is 3.69. The molecule has 1 N–H and O–H groups in total. The minimum absolute atomic E-state index is 0. The Balaban J connectivity index is 0.00000128. The van der Waals surface area contributed by atoms with E-state index in [9.17, 15) is 4.79 Å². The molecule has 82 valence electrons. The molecule has 1 saturated carbocycles. The molecule has 1 fully saturated rings. The second-order valence-electron chi connectivity index (χ2n) is 4.30. The third-order valence-electron chi connectivity index (χ3n) is 3.35. The molecule has 0 unspecified atom stereocenters. The number of carboxylic acids is 1. The average molecular weight is 228 g/mol. The molecule has 1 aliphatic carbocycles. The zero-order valence-electron chi connectivity index (χ0n) is 8.73. The number of carboxylic acid groups (broad SMARTS) is 1. The molecule has 0 heterocycles. The van der Waals surface area contributed by atoms with E-state index in [-0.39, 0.29) is 35.5 Å². The molecular formula is C13H17NaO2. The van der Waals surface area contributed by atoms with Gasteiger partial charge in [0.15, 0.2) is 0 Å². The summed E-state index contributed by atoms with van der Waals surface area (Å²) in [5.41, 5.74) is 1.36. The number of aliphatic carboxylic acids is 1. The first-order valence-electron chi connectivity index (χ1n) is 5.55. The topological polar surface area (TPSA) is 37.3 Å². The van der Waals surface area contributed by atoms with Gasteiger partial charge in [-0.15, -0.1) is 0 Å². The number of hydrogen-bond acceptors (Lipinski definition) is 1. The van der Waals surface area contributed by atoms with Gasteiger partial charge in [0, 0.05) is 0 Å². The Bertz CT molecular complexity index is 329. The van der Waals surface area contributed by atoms with Crippen LogP contribution in [-0.2, 0) is 4.79 Å². The molecule has 1 aliphatic rings. The molecule has 2 rings (SSSR count). The van der Waals surface area contributed by atoms with Crippen molar-refractivity contribution in [2.45, 2.75) is 31.6 Å². The van der Waals surface area contributed by atoms with Crippen LogP contribution in [-0.4, -0.2) is 40.6 Å². The van der Waals surface area contributed by atoms with E-state index >= 15 is 0 Å². The van der Waals surface area contributed by atoms with Crippen LogP contribution in [0.3, 0.4) is 0 Å². The molecule has 3 heteroatoms. The SMILES string of the molecule is O=C(O)C1CCC(c2ccccc2)CC1.[NaH]. The van der Waals surface area contributed by atoms with Gasteiger partial charge in [-0.3, -0.25) is 4.79 Å². The molecule has 0 aromatic heterocycles. The van der Waals surface area contributed by atoms with Crippen LogP contribution in [0.25, 0.3) is 0 Å². The van der Waals surface area contributed by atoms with Crippen molar-refractivity contribution in [2.24, 2.45) is 5.92 Å². The standard InChI is InChI=1S/C13H16O2.Na.H/c14-13(15)12-8-6-11(7-9-12)10-4-2-1-3-5-10;;/h1-5,11-12H,6-9H2,(H,14,15);;. The van der Waals surface area contributed by atoms with E-state index in [0.29, 0.717) is 5.92 Å². The molecule has 16 heavy (non-hydrogen) atoms. The Morgan fingerprint density at radius 2 is 1.62 bits per heavy atom. The Kier molecular flexibility index (Phi) is 5.53. The zero-order chi connectivity index (χ0) is 10.7. The third-order valence-corrected chi connectivity index (χ3v) is 3.35. The van der Waals surface area contributed by atoms with Crippen LogP contribution in [0.15, 0.2) is 30.3 Å². The van der Waals surface area contributed by atoms with Gasteiger partial charge in [0.2, 0.25) is 0 Å². The number of rotatable bonds is 2. The predicted molar refractivity (Wildman–Crippen MR) is 65.9 cm³/mol. The summed E-state index contributed by atoms with van der Waals surface area (Å²) in [6.45, 7) is 0. The second-order valence-corrected chi connectivity index (χ2v) is 4.30. The summed E-state index contributed by atoms with van der Waals surface area (Å²) in [5.74, 6) is -0.159. The van der Waals surface area contributed by atoms with Gasteiger partial charge in [-0.2, -0.15) is 0 Å². The molecule has 0 radical (unpaired) electrons. The van der Waals surface area contributed by atoms with Gasteiger partial charge in [0.1, 0.15) is 0 Å². The van der Waals surface area contributed by atoms with Crippen LogP contribution in [0.2, 0.25) is 0 Å². The van der Waals surface area contributed by atoms with Crippen LogP contribution in [0.1, 0.15) is 37.2 Å². The Labute approximate surface area is 118 Å². The monoisotopic (exact) mass is 228 g/mol. The van der Waals surface area contributed by atoms with Gasteiger partial charge >= 0.3 is 35.5 Å².